The molecule has 0 bridgehead atoms. The number of likely N-dealkylation sites (N-methyl/N-ethyl adjacent to an activating group) is 3. The van der Waals surface area contributed by atoms with Crippen LogP contribution in [-0.4, -0.2) is 33.4 Å². The van der Waals surface area contributed by atoms with Crippen molar-refractivity contribution in [1.82, 2.24) is 16.0 Å². The van der Waals surface area contributed by atoms with E-state index in [0.717, 1.165) is 6.42 Å². The second kappa shape index (κ2) is 5.65. The Morgan fingerprint density at radius 3 is 1.60 bits per heavy atom. The Morgan fingerprint density at radius 1 is 1.00 bits per heavy atom. The van der Waals surface area contributed by atoms with Crippen LogP contribution >= 0.6 is 0 Å². The lowest BCUT2D eigenvalue weighted by Gasteiger charge is -2.24. The molecule has 0 aliphatic carbocycles. The first-order valence-corrected chi connectivity index (χ1v) is 3.81. The fourth-order valence-electron chi connectivity index (χ4n) is 1.15. The minimum Gasteiger partial charge on any atom is -0.314 e. The van der Waals surface area contributed by atoms with Crippen LogP contribution in [0.3, 0.4) is 0 Å². The normalized spacial score (nSPS) is 14.1. The molecular formula is C7H19N3. The average Bonchev–Trinajstić information content (AvgIpc) is 2.00. The van der Waals surface area contributed by atoms with E-state index in [1.807, 2.05) is 21.1 Å². The Kier molecular flexibility index (Phi) is 5.58. The molecule has 1 atom stereocenters. The fraction of sp³-hybridized carbons (Fsp3) is 1.00. The molecule has 0 amide bonds. The highest BCUT2D eigenvalue weighted by Gasteiger charge is 2.12. The summed E-state index contributed by atoms with van der Waals surface area (Å²) in [4.78, 5) is 0. The molecule has 62 valence electrons. The van der Waals surface area contributed by atoms with Gasteiger partial charge in [-0.25, -0.2) is 0 Å². The quantitative estimate of drug-likeness (QED) is 0.467. The SMILES string of the molecule is CC[C@H](NC)C(NC)NC. The Balaban J connectivity index is 3.70. The molecule has 0 aromatic rings. The monoisotopic (exact) mass is 145 g/mol. The van der Waals surface area contributed by atoms with Crippen molar-refractivity contribution < 1.29 is 0 Å². The van der Waals surface area contributed by atoms with Crippen molar-refractivity contribution in [3.05, 3.63) is 0 Å². The van der Waals surface area contributed by atoms with Crippen molar-refractivity contribution in [3.8, 4) is 0 Å². The first-order valence-electron chi connectivity index (χ1n) is 3.81. The van der Waals surface area contributed by atoms with Crippen molar-refractivity contribution in [1.29, 1.82) is 0 Å². The zero-order valence-corrected chi connectivity index (χ0v) is 7.36. The summed E-state index contributed by atoms with van der Waals surface area (Å²) in [6.45, 7) is 2.17. The van der Waals surface area contributed by atoms with Crippen LogP contribution in [0.25, 0.3) is 0 Å². The third-order valence-corrected chi connectivity index (χ3v) is 1.83. The van der Waals surface area contributed by atoms with Crippen LogP contribution < -0.4 is 16.0 Å². The average molecular weight is 145 g/mol. The van der Waals surface area contributed by atoms with Gasteiger partial charge in [-0.15, -0.1) is 0 Å². The lowest BCUT2D eigenvalue weighted by Crippen LogP contribution is -2.52. The molecule has 10 heavy (non-hydrogen) atoms. The van der Waals surface area contributed by atoms with E-state index in [0.29, 0.717) is 12.2 Å². The van der Waals surface area contributed by atoms with Crippen molar-refractivity contribution >= 4 is 0 Å². The molecule has 0 unspecified atom stereocenters. The van der Waals surface area contributed by atoms with E-state index in [1.54, 1.807) is 0 Å². The molecule has 0 spiro atoms. The Hall–Kier alpha value is -0.120. The third kappa shape index (κ3) is 2.64. The molecule has 3 heteroatoms. The highest BCUT2D eigenvalue weighted by atomic mass is 15.1. The van der Waals surface area contributed by atoms with Crippen molar-refractivity contribution in [3.63, 3.8) is 0 Å². The Labute approximate surface area is 63.6 Å². The summed E-state index contributed by atoms with van der Waals surface area (Å²) in [6, 6.07) is 0.509. The highest BCUT2D eigenvalue weighted by Crippen LogP contribution is 1.92. The van der Waals surface area contributed by atoms with E-state index in [4.69, 9.17) is 0 Å². The van der Waals surface area contributed by atoms with Crippen LogP contribution in [0, 0.1) is 0 Å². The summed E-state index contributed by atoms with van der Waals surface area (Å²) in [7, 11) is 5.90. The van der Waals surface area contributed by atoms with Gasteiger partial charge in [-0.3, -0.25) is 0 Å². The van der Waals surface area contributed by atoms with Crippen LogP contribution in [0.15, 0.2) is 0 Å². The molecule has 0 saturated heterocycles. The molecule has 0 aromatic heterocycles. The first-order chi connectivity index (χ1) is 4.79. The number of hydrogen-bond acceptors (Lipinski definition) is 3. The standard InChI is InChI=1S/C7H19N3/c1-5-6(8-2)7(9-3)10-4/h6-10H,5H2,1-4H3/t6-/m0/s1. The number of rotatable bonds is 5. The molecule has 0 aromatic carbocycles. The molecule has 3 nitrogen and oxygen atoms in total. The van der Waals surface area contributed by atoms with E-state index in [-0.39, 0.29) is 0 Å². The maximum atomic E-state index is 3.23. The fourth-order valence-corrected chi connectivity index (χ4v) is 1.15. The predicted molar refractivity (Wildman–Crippen MR) is 45.0 cm³/mol. The Bertz CT molecular complexity index is 57.3. The van der Waals surface area contributed by atoms with E-state index in [9.17, 15) is 0 Å². The van der Waals surface area contributed by atoms with Gasteiger partial charge in [0.15, 0.2) is 0 Å². The second-order valence-corrected chi connectivity index (χ2v) is 2.36. The van der Waals surface area contributed by atoms with Crippen molar-refractivity contribution in [2.45, 2.75) is 25.6 Å². The Morgan fingerprint density at radius 2 is 1.50 bits per heavy atom. The molecule has 3 N–H and O–H groups in total. The third-order valence-electron chi connectivity index (χ3n) is 1.83. The van der Waals surface area contributed by atoms with Crippen LogP contribution in [0.2, 0.25) is 0 Å². The van der Waals surface area contributed by atoms with E-state index >= 15 is 0 Å². The zero-order chi connectivity index (χ0) is 7.98. The molecule has 0 heterocycles. The predicted octanol–water partition coefficient (Wildman–Crippen LogP) is -0.251. The second-order valence-electron chi connectivity index (χ2n) is 2.36. The molecule has 0 saturated carbocycles. The van der Waals surface area contributed by atoms with Crippen LogP contribution in [-0.2, 0) is 0 Å². The minimum atomic E-state index is 0.370. The highest BCUT2D eigenvalue weighted by molar-refractivity contribution is 4.74. The van der Waals surface area contributed by atoms with E-state index in [1.165, 1.54) is 0 Å². The van der Waals surface area contributed by atoms with E-state index < -0.39 is 0 Å². The number of hydrogen-bond donors (Lipinski definition) is 3. The van der Waals surface area contributed by atoms with Gasteiger partial charge in [0, 0.05) is 6.04 Å². The van der Waals surface area contributed by atoms with Gasteiger partial charge in [0.2, 0.25) is 0 Å². The lowest BCUT2D eigenvalue weighted by molar-refractivity contribution is 0.359. The largest absolute Gasteiger partial charge is 0.314 e. The summed E-state index contributed by atoms with van der Waals surface area (Å²) in [6.07, 6.45) is 1.50. The molecule has 0 aliphatic heterocycles. The molecular weight excluding hydrogens is 126 g/mol. The molecule has 0 rings (SSSR count). The number of nitrogens with one attached hydrogen (secondary N) is 3. The van der Waals surface area contributed by atoms with Gasteiger partial charge in [-0.05, 0) is 27.6 Å². The van der Waals surface area contributed by atoms with Gasteiger partial charge in [0.05, 0.1) is 6.17 Å². The van der Waals surface area contributed by atoms with Crippen molar-refractivity contribution in [2.75, 3.05) is 21.1 Å². The van der Waals surface area contributed by atoms with Gasteiger partial charge < -0.3 is 16.0 Å². The van der Waals surface area contributed by atoms with Crippen LogP contribution in [0.4, 0.5) is 0 Å². The van der Waals surface area contributed by atoms with Crippen LogP contribution in [0.5, 0.6) is 0 Å². The maximum Gasteiger partial charge on any atom is 0.0724 e. The van der Waals surface area contributed by atoms with Gasteiger partial charge in [0.25, 0.3) is 0 Å². The molecule has 0 radical (unpaired) electrons. The van der Waals surface area contributed by atoms with Crippen LogP contribution in [0.1, 0.15) is 13.3 Å². The summed E-state index contributed by atoms with van der Waals surface area (Å²) in [5.41, 5.74) is 0. The topological polar surface area (TPSA) is 36.1 Å². The van der Waals surface area contributed by atoms with Gasteiger partial charge >= 0.3 is 0 Å². The molecule has 0 aliphatic rings. The van der Waals surface area contributed by atoms with Crippen molar-refractivity contribution in [2.24, 2.45) is 0 Å². The molecule has 0 fully saturated rings. The van der Waals surface area contributed by atoms with E-state index in [2.05, 4.69) is 22.9 Å². The minimum absolute atomic E-state index is 0.370. The summed E-state index contributed by atoms with van der Waals surface area (Å²) in [5.74, 6) is 0. The first kappa shape index (κ1) is 9.88. The smallest absolute Gasteiger partial charge is 0.0724 e. The summed E-state index contributed by atoms with van der Waals surface area (Å²) >= 11 is 0. The van der Waals surface area contributed by atoms with Gasteiger partial charge in [0.1, 0.15) is 0 Å². The van der Waals surface area contributed by atoms with Gasteiger partial charge in [-0.1, -0.05) is 6.92 Å². The zero-order valence-electron chi connectivity index (χ0n) is 7.36. The summed E-state index contributed by atoms with van der Waals surface area (Å²) in [5, 5.41) is 9.59. The van der Waals surface area contributed by atoms with Gasteiger partial charge in [-0.2, -0.15) is 0 Å². The maximum absolute atomic E-state index is 3.23. The lowest BCUT2D eigenvalue weighted by atomic mass is 10.2. The summed E-state index contributed by atoms with van der Waals surface area (Å²) < 4.78 is 0.